The third-order valence-corrected chi connectivity index (χ3v) is 3.26. The van der Waals surface area contributed by atoms with Crippen molar-refractivity contribution >= 4 is 11.0 Å². The molecule has 1 fully saturated rings. The molecule has 2 aromatic rings. The van der Waals surface area contributed by atoms with Crippen molar-refractivity contribution in [3.05, 3.63) is 30.6 Å². The van der Waals surface area contributed by atoms with Gasteiger partial charge in [0.05, 0.1) is 5.52 Å². The quantitative estimate of drug-likeness (QED) is 0.800. The van der Waals surface area contributed by atoms with Crippen LogP contribution in [0.3, 0.4) is 0 Å². The van der Waals surface area contributed by atoms with Crippen molar-refractivity contribution in [2.75, 3.05) is 26.2 Å². The van der Waals surface area contributed by atoms with Crippen molar-refractivity contribution in [1.82, 2.24) is 14.6 Å². The fraction of sp³-hybridized carbons (Fsp3) is 0.462. The molecule has 0 aliphatic carbocycles. The van der Waals surface area contributed by atoms with Crippen LogP contribution in [-0.4, -0.2) is 40.9 Å². The van der Waals surface area contributed by atoms with E-state index in [0.29, 0.717) is 0 Å². The summed E-state index contributed by atoms with van der Waals surface area (Å²) in [4.78, 5) is 12.5. The van der Waals surface area contributed by atoms with Gasteiger partial charge in [-0.1, -0.05) is 12.1 Å². The third kappa shape index (κ3) is 2.26. The Hall–Kier alpha value is -1.55. The zero-order valence-electron chi connectivity index (χ0n) is 9.88. The monoisotopic (exact) mass is 231 g/mol. The molecule has 0 spiro atoms. The lowest BCUT2D eigenvalue weighted by Crippen LogP contribution is -2.27. The molecule has 2 heterocycles. The summed E-state index contributed by atoms with van der Waals surface area (Å²) >= 11 is 0. The lowest BCUT2D eigenvalue weighted by atomic mass is 10.3. The highest BCUT2D eigenvalue weighted by Gasteiger charge is 2.11. The highest BCUT2D eigenvalue weighted by atomic mass is 16.7. The van der Waals surface area contributed by atoms with E-state index in [-0.39, 0.29) is 0 Å². The van der Waals surface area contributed by atoms with E-state index in [1.54, 1.807) is 11.1 Å². The number of likely N-dealkylation sites (tertiary alicyclic amines) is 1. The van der Waals surface area contributed by atoms with Gasteiger partial charge in [0.1, 0.15) is 18.5 Å². The zero-order chi connectivity index (χ0) is 11.5. The fourth-order valence-corrected chi connectivity index (χ4v) is 2.31. The molecule has 1 aliphatic heterocycles. The Bertz CT molecular complexity index is 488. The summed E-state index contributed by atoms with van der Waals surface area (Å²) in [6.45, 7) is 4.16. The van der Waals surface area contributed by atoms with Crippen LogP contribution in [-0.2, 0) is 0 Å². The summed E-state index contributed by atoms with van der Waals surface area (Å²) in [5.41, 5.74) is 2.02. The molecule has 0 unspecified atom stereocenters. The molecule has 0 amide bonds. The van der Waals surface area contributed by atoms with Gasteiger partial charge in [-0.2, -0.15) is 4.73 Å². The van der Waals surface area contributed by atoms with Crippen LogP contribution in [0.1, 0.15) is 12.8 Å². The van der Waals surface area contributed by atoms with E-state index in [9.17, 15) is 0 Å². The van der Waals surface area contributed by atoms with Crippen molar-refractivity contribution in [2.45, 2.75) is 12.8 Å². The first-order valence-electron chi connectivity index (χ1n) is 6.21. The zero-order valence-corrected chi connectivity index (χ0v) is 9.88. The second-order valence-corrected chi connectivity index (χ2v) is 4.44. The molecule has 1 aromatic heterocycles. The average Bonchev–Trinajstić information content (AvgIpc) is 2.99. The number of imidazole rings is 1. The van der Waals surface area contributed by atoms with E-state index in [1.165, 1.54) is 25.9 Å². The molecule has 0 radical (unpaired) electrons. The van der Waals surface area contributed by atoms with Gasteiger partial charge in [-0.25, -0.2) is 4.98 Å². The van der Waals surface area contributed by atoms with Gasteiger partial charge >= 0.3 is 0 Å². The smallest absolute Gasteiger partial charge is 0.133 e. The van der Waals surface area contributed by atoms with Crippen LogP contribution in [0.25, 0.3) is 11.0 Å². The summed E-state index contributed by atoms with van der Waals surface area (Å²) in [6.07, 6.45) is 4.40. The van der Waals surface area contributed by atoms with Crippen molar-refractivity contribution in [3.63, 3.8) is 0 Å². The minimum absolute atomic E-state index is 0.723. The van der Waals surface area contributed by atoms with Crippen molar-refractivity contribution in [1.29, 1.82) is 0 Å². The number of fused-ring (bicyclic) bond motifs is 1. The second kappa shape index (κ2) is 4.75. The Morgan fingerprint density at radius 2 is 2.00 bits per heavy atom. The van der Waals surface area contributed by atoms with Crippen molar-refractivity contribution in [3.8, 4) is 0 Å². The molecule has 17 heavy (non-hydrogen) atoms. The molecule has 4 heteroatoms. The standard InChI is InChI=1S/C13H17N3O/c1-2-6-13-12(5-1)14-11-16(13)17-10-9-15-7-3-4-8-15/h1-2,5-6,11H,3-4,7-10H2. The maximum Gasteiger partial charge on any atom is 0.133 e. The highest BCUT2D eigenvalue weighted by molar-refractivity contribution is 5.74. The molecule has 1 saturated heterocycles. The molecule has 3 rings (SSSR count). The van der Waals surface area contributed by atoms with Gasteiger partial charge in [0.15, 0.2) is 0 Å². The van der Waals surface area contributed by atoms with Gasteiger partial charge in [0.2, 0.25) is 0 Å². The summed E-state index contributed by atoms with van der Waals surface area (Å²) in [5, 5.41) is 0. The summed E-state index contributed by atoms with van der Waals surface area (Å²) in [5.74, 6) is 0. The molecule has 0 saturated carbocycles. The number of rotatable bonds is 4. The van der Waals surface area contributed by atoms with E-state index >= 15 is 0 Å². The predicted octanol–water partition coefficient (Wildman–Crippen LogP) is 1.56. The van der Waals surface area contributed by atoms with Gasteiger partial charge < -0.3 is 4.84 Å². The lowest BCUT2D eigenvalue weighted by molar-refractivity contribution is 0.0988. The summed E-state index contributed by atoms with van der Waals surface area (Å²) < 4.78 is 1.77. The van der Waals surface area contributed by atoms with Crippen LogP contribution < -0.4 is 4.84 Å². The number of nitrogens with zero attached hydrogens (tertiary/aromatic N) is 3. The van der Waals surface area contributed by atoms with Gasteiger partial charge in [-0.05, 0) is 38.1 Å². The fourth-order valence-electron chi connectivity index (χ4n) is 2.31. The van der Waals surface area contributed by atoms with Crippen LogP contribution >= 0.6 is 0 Å². The van der Waals surface area contributed by atoms with Gasteiger partial charge in [-0.3, -0.25) is 4.90 Å². The van der Waals surface area contributed by atoms with Crippen LogP contribution in [0.5, 0.6) is 0 Å². The van der Waals surface area contributed by atoms with Gasteiger partial charge in [-0.15, -0.1) is 0 Å². The Morgan fingerprint density at radius 3 is 2.88 bits per heavy atom. The predicted molar refractivity (Wildman–Crippen MR) is 66.9 cm³/mol. The van der Waals surface area contributed by atoms with E-state index in [4.69, 9.17) is 4.84 Å². The average molecular weight is 231 g/mol. The van der Waals surface area contributed by atoms with Crippen LogP contribution in [0.2, 0.25) is 0 Å². The molecule has 0 bridgehead atoms. The van der Waals surface area contributed by atoms with Crippen molar-refractivity contribution < 1.29 is 4.84 Å². The molecular weight excluding hydrogens is 214 g/mol. The maximum absolute atomic E-state index is 5.73. The molecule has 90 valence electrons. The Balaban J connectivity index is 1.60. The van der Waals surface area contributed by atoms with Crippen molar-refractivity contribution in [2.24, 2.45) is 0 Å². The second-order valence-electron chi connectivity index (χ2n) is 4.44. The number of para-hydroxylation sites is 2. The topological polar surface area (TPSA) is 30.3 Å². The van der Waals surface area contributed by atoms with Crippen LogP contribution in [0.4, 0.5) is 0 Å². The molecular formula is C13H17N3O. The minimum atomic E-state index is 0.723. The number of benzene rings is 1. The first-order valence-corrected chi connectivity index (χ1v) is 6.21. The molecule has 4 nitrogen and oxygen atoms in total. The third-order valence-electron chi connectivity index (χ3n) is 3.26. The first kappa shape index (κ1) is 10.6. The largest absolute Gasteiger partial charge is 0.411 e. The Kier molecular flexibility index (Phi) is 2.96. The SMILES string of the molecule is c1ccc2c(c1)ncn2OCCN1CCCC1. The number of hydrogen-bond donors (Lipinski definition) is 0. The van der Waals surface area contributed by atoms with E-state index in [2.05, 4.69) is 9.88 Å². The van der Waals surface area contributed by atoms with Gasteiger partial charge in [0.25, 0.3) is 0 Å². The minimum Gasteiger partial charge on any atom is -0.411 e. The summed E-state index contributed by atoms with van der Waals surface area (Å²) in [7, 11) is 0. The lowest BCUT2D eigenvalue weighted by Gasteiger charge is -2.14. The summed E-state index contributed by atoms with van der Waals surface area (Å²) in [6, 6.07) is 8.02. The number of hydrogen-bond acceptors (Lipinski definition) is 3. The molecule has 1 aliphatic rings. The normalized spacial score (nSPS) is 16.7. The maximum atomic E-state index is 5.73. The van der Waals surface area contributed by atoms with E-state index in [1.807, 2.05) is 24.3 Å². The van der Waals surface area contributed by atoms with E-state index in [0.717, 1.165) is 24.2 Å². The molecule has 1 aromatic carbocycles. The highest BCUT2D eigenvalue weighted by Crippen LogP contribution is 2.10. The Labute approximate surface area is 101 Å². The number of aromatic nitrogens is 2. The van der Waals surface area contributed by atoms with Crippen LogP contribution in [0.15, 0.2) is 30.6 Å². The first-order chi connectivity index (χ1) is 8.43. The van der Waals surface area contributed by atoms with Gasteiger partial charge in [0, 0.05) is 6.54 Å². The van der Waals surface area contributed by atoms with Crippen LogP contribution in [0, 0.1) is 0 Å². The molecule has 0 atom stereocenters. The molecule has 0 N–H and O–H groups in total. The Morgan fingerprint density at radius 1 is 1.18 bits per heavy atom. The van der Waals surface area contributed by atoms with E-state index < -0.39 is 0 Å².